The van der Waals surface area contributed by atoms with E-state index in [1.54, 1.807) is 11.0 Å². The SMILES string of the molecule is CCc1nc(C)cn1-n1c(=O)c2c(C)ncn2c2ccccc21. The predicted molar refractivity (Wildman–Crippen MR) is 88.8 cm³/mol. The van der Waals surface area contributed by atoms with Crippen molar-refractivity contribution in [2.24, 2.45) is 0 Å². The van der Waals surface area contributed by atoms with E-state index < -0.39 is 0 Å². The van der Waals surface area contributed by atoms with Crippen molar-refractivity contribution in [2.45, 2.75) is 27.2 Å². The molecule has 23 heavy (non-hydrogen) atoms. The molecular formula is C17H17N5O. The van der Waals surface area contributed by atoms with Gasteiger partial charge in [0.1, 0.15) is 17.7 Å². The lowest BCUT2D eigenvalue weighted by molar-refractivity contribution is 0.619. The van der Waals surface area contributed by atoms with Crippen molar-refractivity contribution in [3.8, 4) is 0 Å². The number of benzene rings is 1. The van der Waals surface area contributed by atoms with Gasteiger partial charge in [-0.05, 0) is 26.0 Å². The van der Waals surface area contributed by atoms with Crippen LogP contribution < -0.4 is 5.56 Å². The predicted octanol–water partition coefficient (Wildman–Crippen LogP) is 2.34. The first-order chi connectivity index (χ1) is 11.1. The molecule has 4 aromatic rings. The van der Waals surface area contributed by atoms with E-state index in [4.69, 9.17) is 0 Å². The van der Waals surface area contributed by atoms with Gasteiger partial charge >= 0.3 is 0 Å². The van der Waals surface area contributed by atoms with Gasteiger partial charge < -0.3 is 0 Å². The Morgan fingerprint density at radius 1 is 1.13 bits per heavy atom. The second-order valence-electron chi connectivity index (χ2n) is 5.65. The Kier molecular flexibility index (Phi) is 2.87. The summed E-state index contributed by atoms with van der Waals surface area (Å²) in [6.07, 6.45) is 4.35. The molecule has 116 valence electrons. The average Bonchev–Trinajstić information content (AvgIpc) is 3.11. The molecule has 0 aliphatic carbocycles. The lowest BCUT2D eigenvalue weighted by Gasteiger charge is -2.14. The van der Waals surface area contributed by atoms with Crippen molar-refractivity contribution in [3.05, 3.63) is 64.4 Å². The first-order valence-electron chi connectivity index (χ1n) is 7.64. The lowest BCUT2D eigenvalue weighted by atomic mass is 10.3. The van der Waals surface area contributed by atoms with Crippen LogP contribution in [0.1, 0.15) is 24.1 Å². The number of rotatable bonds is 2. The average molecular weight is 307 g/mol. The minimum Gasteiger partial charge on any atom is -0.292 e. The molecule has 0 amide bonds. The smallest absolute Gasteiger partial charge is 0.292 e. The van der Waals surface area contributed by atoms with Gasteiger partial charge in [0, 0.05) is 6.42 Å². The quantitative estimate of drug-likeness (QED) is 0.571. The van der Waals surface area contributed by atoms with Gasteiger partial charge in [0.15, 0.2) is 0 Å². The zero-order valence-corrected chi connectivity index (χ0v) is 13.3. The third-order valence-corrected chi connectivity index (χ3v) is 4.13. The Bertz CT molecular complexity index is 1100. The fourth-order valence-corrected chi connectivity index (χ4v) is 3.10. The number of hydrogen-bond acceptors (Lipinski definition) is 3. The van der Waals surface area contributed by atoms with E-state index in [1.807, 2.05) is 60.3 Å². The van der Waals surface area contributed by atoms with Gasteiger partial charge in [-0.15, -0.1) is 0 Å². The third-order valence-electron chi connectivity index (χ3n) is 4.13. The summed E-state index contributed by atoms with van der Waals surface area (Å²) < 4.78 is 5.41. The van der Waals surface area contributed by atoms with E-state index in [9.17, 15) is 4.79 Å². The van der Waals surface area contributed by atoms with E-state index in [1.165, 1.54) is 0 Å². The summed E-state index contributed by atoms with van der Waals surface area (Å²) in [6, 6.07) is 7.84. The Balaban J connectivity index is 2.26. The van der Waals surface area contributed by atoms with Gasteiger partial charge in [0.05, 0.1) is 28.6 Å². The van der Waals surface area contributed by atoms with Gasteiger partial charge in [0.25, 0.3) is 5.56 Å². The van der Waals surface area contributed by atoms with Crippen LogP contribution in [0.4, 0.5) is 0 Å². The molecule has 0 N–H and O–H groups in total. The summed E-state index contributed by atoms with van der Waals surface area (Å²) >= 11 is 0. The standard InChI is InChI=1S/C17H17N5O/c1-4-15-19-11(2)9-21(15)22-14-8-6-5-7-13(14)20-10-18-12(3)16(20)17(22)23/h5-10H,4H2,1-3H3. The van der Waals surface area contributed by atoms with Crippen LogP contribution in [-0.4, -0.2) is 23.7 Å². The number of fused-ring (bicyclic) bond motifs is 3. The highest BCUT2D eigenvalue weighted by Gasteiger charge is 2.16. The number of imidazole rings is 2. The van der Waals surface area contributed by atoms with Gasteiger partial charge in [-0.2, -0.15) is 0 Å². The number of para-hydroxylation sites is 2. The van der Waals surface area contributed by atoms with Gasteiger partial charge in [-0.3, -0.25) is 9.20 Å². The van der Waals surface area contributed by atoms with Crippen LogP contribution in [0.15, 0.2) is 41.6 Å². The Labute approximate surface area is 132 Å². The van der Waals surface area contributed by atoms with Crippen LogP contribution in [-0.2, 0) is 6.42 Å². The number of aromatic nitrogens is 5. The molecule has 0 radical (unpaired) electrons. The summed E-state index contributed by atoms with van der Waals surface area (Å²) in [6.45, 7) is 5.83. The molecule has 0 spiro atoms. The molecule has 0 fully saturated rings. The summed E-state index contributed by atoms with van der Waals surface area (Å²) in [5.74, 6) is 0.858. The summed E-state index contributed by atoms with van der Waals surface area (Å²) in [5, 5.41) is 0. The van der Waals surface area contributed by atoms with Crippen molar-refractivity contribution >= 4 is 16.6 Å². The normalized spacial score (nSPS) is 11.6. The first-order valence-corrected chi connectivity index (χ1v) is 7.64. The molecule has 0 aliphatic rings. The van der Waals surface area contributed by atoms with Crippen LogP contribution in [0.5, 0.6) is 0 Å². The molecule has 0 saturated carbocycles. The topological polar surface area (TPSA) is 57.1 Å². The summed E-state index contributed by atoms with van der Waals surface area (Å²) in [4.78, 5) is 22.0. The minimum absolute atomic E-state index is 0.0919. The highest BCUT2D eigenvalue weighted by molar-refractivity contribution is 5.79. The van der Waals surface area contributed by atoms with Gasteiger partial charge in [-0.25, -0.2) is 19.3 Å². The maximum atomic E-state index is 13.2. The molecule has 0 bridgehead atoms. The Morgan fingerprint density at radius 3 is 2.61 bits per heavy atom. The largest absolute Gasteiger partial charge is 0.296 e. The van der Waals surface area contributed by atoms with Crippen molar-refractivity contribution in [1.29, 1.82) is 0 Å². The van der Waals surface area contributed by atoms with E-state index in [2.05, 4.69) is 9.97 Å². The van der Waals surface area contributed by atoms with E-state index in [0.29, 0.717) is 5.52 Å². The minimum atomic E-state index is -0.0919. The molecule has 6 nitrogen and oxygen atoms in total. The first kappa shape index (κ1) is 13.8. The van der Waals surface area contributed by atoms with Gasteiger partial charge in [0.2, 0.25) is 0 Å². The van der Waals surface area contributed by atoms with E-state index in [-0.39, 0.29) is 5.56 Å². The van der Waals surface area contributed by atoms with Crippen LogP contribution in [0.25, 0.3) is 16.6 Å². The molecule has 1 aromatic carbocycles. The third kappa shape index (κ3) is 1.84. The molecule has 0 unspecified atom stereocenters. The highest BCUT2D eigenvalue weighted by Crippen LogP contribution is 2.17. The highest BCUT2D eigenvalue weighted by atomic mass is 16.1. The monoisotopic (exact) mass is 307 g/mol. The molecule has 6 heteroatoms. The molecule has 0 atom stereocenters. The van der Waals surface area contributed by atoms with Crippen LogP contribution >= 0.6 is 0 Å². The Morgan fingerprint density at radius 2 is 1.87 bits per heavy atom. The van der Waals surface area contributed by atoms with Gasteiger partial charge in [-0.1, -0.05) is 19.1 Å². The second kappa shape index (κ2) is 4.81. The van der Waals surface area contributed by atoms with Crippen molar-refractivity contribution in [3.63, 3.8) is 0 Å². The molecule has 0 saturated heterocycles. The maximum absolute atomic E-state index is 13.2. The van der Waals surface area contributed by atoms with Crippen LogP contribution in [0.2, 0.25) is 0 Å². The van der Waals surface area contributed by atoms with E-state index >= 15 is 0 Å². The maximum Gasteiger partial charge on any atom is 0.296 e. The molecular weight excluding hydrogens is 290 g/mol. The zero-order chi connectivity index (χ0) is 16.1. The van der Waals surface area contributed by atoms with Crippen LogP contribution in [0.3, 0.4) is 0 Å². The van der Waals surface area contributed by atoms with E-state index in [0.717, 1.165) is 34.7 Å². The number of aryl methyl sites for hydroxylation is 3. The molecule has 3 aromatic heterocycles. The fourth-order valence-electron chi connectivity index (χ4n) is 3.10. The van der Waals surface area contributed by atoms with Crippen molar-refractivity contribution in [2.75, 3.05) is 0 Å². The molecule has 0 aliphatic heterocycles. The lowest BCUT2D eigenvalue weighted by Crippen LogP contribution is -2.29. The zero-order valence-electron chi connectivity index (χ0n) is 13.3. The number of nitrogens with zero attached hydrogens (tertiary/aromatic N) is 5. The van der Waals surface area contributed by atoms with Crippen molar-refractivity contribution in [1.82, 2.24) is 23.7 Å². The number of hydrogen-bond donors (Lipinski definition) is 0. The molecule has 3 heterocycles. The van der Waals surface area contributed by atoms with Crippen molar-refractivity contribution < 1.29 is 0 Å². The fraction of sp³-hybridized carbons (Fsp3) is 0.235. The summed E-state index contributed by atoms with van der Waals surface area (Å²) in [7, 11) is 0. The summed E-state index contributed by atoms with van der Waals surface area (Å²) in [5.41, 5.74) is 3.89. The van der Waals surface area contributed by atoms with Crippen LogP contribution in [0, 0.1) is 13.8 Å². The Hall–Kier alpha value is -2.89. The second-order valence-corrected chi connectivity index (χ2v) is 5.65. The molecule has 4 rings (SSSR count).